The van der Waals surface area contributed by atoms with Crippen molar-refractivity contribution in [3.63, 3.8) is 0 Å². The third-order valence-corrected chi connectivity index (χ3v) is 2.79. The maximum Gasteiger partial charge on any atom is 0.573 e. The van der Waals surface area contributed by atoms with Gasteiger partial charge in [0, 0.05) is 0 Å². The van der Waals surface area contributed by atoms with Crippen LogP contribution in [-0.2, 0) is 4.74 Å². The summed E-state index contributed by atoms with van der Waals surface area (Å²) in [6.45, 7) is 0. The molecule has 0 spiro atoms. The summed E-state index contributed by atoms with van der Waals surface area (Å²) in [7, 11) is 1.15. The zero-order valence-electron chi connectivity index (χ0n) is 11.3. The highest BCUT2D eigenvalue weighted by molar-refractivity contribution is 5.97. The van der Waals surface area contributed by atoms with Crippen LogP contribution in [0.2, 0.25) is 0 Å². The second-order valence-electron chi connectivity index (χ2n) is 4.25. The fraction of sp³-hybridized carbons (Fsp3) is 0.133. The molecule has 0 N–H and O–H groups in total. The van der Waals surface area contributed by atoms with E-state index in [2.05, 4.69) is 9.47 Å². The van der Waals surface area contributed by atoms with Gasteiger partial charge in [0.05, 0.1) is 12.7 Å². The number of rotatable bonds is 3. The molecule has 22 heavy (non-hydrogen) atoms. The van der Waals surface area contributed by atoms with Crippen molar-refractivity contribution >= 4 is 5.97 Å². The zero-order valence-corrected chi connectivity index (χ0v) is 11.3. The summed E-state index contributed by atoms with van der Waals surface area (Å²) < 4.78 is 57.9. The first-order valence-electron chi connectivity index (χ1n) is 6.04. The van der Waals surface area contributed by atoms with Gasteiger partial charge in [-0.3, -0.25) is 0 Å². The summed E-state index contributed by atoms with van der Waals surface area (Å²) in [6, 6.07) is 8.37. The number of benzene rings is 2. The average molecular weight is 314 g/mol. The van der Waals surface area contributed by atoms with Crippen molar-refractivity contribution in [1.82, 2.24) is 0 Å². The summed E-state index contributed by atoms with van der Waals surface area (Å²) in [5.74, 6) is -1.76. The third kappa shape index (κ3) is 3.75. The first-order valence-corrected chi connectivity index (χ1v) is 6.04. The molecular formula is C15H10F4O3. The Morgan fingerprint density at radius 2 is 1.68 bits per heavy atom. The lowest BCUT2D eigenvalue weighted by atomic mass is 9.99. The Balaban J connectivity index is 2.38. The van der Waals surface area contributed by atoms with Crippen LogP contribution in [0.4, 0.5) is 17.6 Å². The zero-order chi connectivity index (χ0) is 16.3. The fourth-order valence-electron chi connectivity index (χ4n) is 1.88. The van der Waals surface area contributed by atoms with Crippen molar-refractivity contribution in [2.45, 2.75) is 6.36 Å². The van der Waals surface area contributed by atoms with E-state index in [1.807, 2.05) is 0 Å². The summed E-state index contributed by atoms with van der Waals surface area (Å²) in [4.78, 5) is 11.7. The molecule has 0 unspecified atom stereocenters. The minimum absolute atomic E-state index is 0.0213. The van der Waals surface area contributed by atoms with Gasteiger partial charge in [0.25, 0.3) is 0 Å². The van der Waals surface area contributed by atoms with Gasteiger partial charge in [0.1, 0.15) is 11.6 Å². The molecule has 0 aromatic heterocycles. The normalized spacial score (nSPS) is 11.1. The van der Waals surface area contributed by atoms with Gasteiger partial charge in [-0.2, -0.15) is 0 Å². The molecule has 0 saturated heterocycles. The summed E-state index contributed by atoms with van der Waals surface area (Å²) >= 11 is 0. The fourth-order valence-corrected chi connectivity index (χ4v) is 1.88. The Morgan fingerprint density at radius 3 is 2.23 bits per heavy atom. The van der Waals surface area contributed by atoms with Crippen LogP contribution < -0.4 is 4.74 Å². The van der Waals surface area contributed by atoms with Crippen LogP contribution in [0.1, 0.15) is 10.4 Å². The Morgan fingerprint density at radius 1 is 1.05 bits per heavy atom. The lowest BCUT2D eigenvalue weighted by Crippen LogP contribution is -2.16. The first kappa shape index (κ1) is 15.8. The van der Waals surface area contributed by atoms with Gasteiger partial charge in [0.15, 0.2) is 0 Å². The van der Waals surface area contributed by atoms with Gasteiger partial charge in [-0.1, -0.05) is 18.2 Å². The predicted molar refractivity (Wildman–Crippen MR) is 69.9 cm³/mol. The van der Waals surface area contributed by atoms with Gasteiger partial charge in [-0.05, 0) is 35.4 Å². The highest BCUT2D eigenvalue weighted by Gasteiger charge is 2.31. The summed E-state index contributed by atoms with van der Waals surface area (Å²) in [6.07, 6.45) is -4.78. The Labute approximate surface area is 123 Å². The molecule has 2 rings (SSSR count). The van der Waals surface area contributed by atoms with Crippen molar-refractivity contribution < 1.29 is 31.8 Å². The quantitative estimate of drug-likeness (QED) is 0.630. The van der Waals surface area contributed by atoms with Crippen LogP contribution in [0.25, 0.3) is 11.1 Å². The number of carbonyl (C=O) groups is 1. The second-order valence-corrected chi connectivity index (χ2v) is 4.25. The van der Waals surface area contributed by atoms with Crippen LogP contribution in [-0.4, -0.2) is 19.4 Å². The van der Waals surface area contributed by atoms with Crippen LogP contribution in [0.3, 0.4) is 0 Å². The SMILES string of the molecule is COC(=O)c1cc(F)ccc1-c1ccc(OC(F)(F)F)cc1. The van der Waals surface area contributed by atoms with E-state index in [0.717, 1.165) is 31.4 Å². The monoisotopic (exact) mass is 314 g/mol. The standard InChI is InChI=1S/C15H10F4O3/c1-21-14(20)13-8-10(16)4-7-12(13)9-2-5-11(6-3-9)22-15(17,18)19/h2-8H,1H3. The Bertz CT molecular complexity index is 678. The van der Waals surface area contributed by atoms with E-state index >= 15 is 0 Å². The molecule has 0 saturated carbocycles. The number of carbonyl (C=O) groups excluding carboxylic acids is 1. The molecule has 0 radical (unpaired) electrons. The molecule has 0 aliphatic rings. The molecule has 0 bridgehead atoms. The molecule has 0 aliphatic heterocycles. The van der Waals surface area contributed by atoms with Crippen molar-refractivity contribution in [1.29, 1.82) is 0 Å². The highest BCUT2D eigenvalue weighted by atomic mass is 19.4. The molecule has 0 amide bonds. The van der Waals surface area contributed by atoms with E-state index < -0.39 is 23.9 Å². The first-order chi connectivity index (χ1) is 10.3. The third-order valence-electron chi connectivity index (χ3n) is 2.79. The predicted octanol–water partition coefficient (Wildman–Crippen LogP) is 4.18. The molecule has 3 nitrogen and oxygen atoms in total. The Hall–Kier alpha value is -2.57. The minimum Gasteiger partial charge on any atom is -0.465 e. The molecular weight excluding hydrogens is 304 g/mol. The van der Waals surface area contributed by atoms with E-state index in [-0.39, 0.29) is 5.56 Å². The molecule has 0 fully saturated rings. The van der Waals surface area contributed by atoms with Crippen LogP contribution >= 0.6 is 0 Å². The van der Waals surface area contributed by atoms with Crippen molar-refractivity contribution in [2.75, 3.05) is 7.11 Å². The smallest absolute Gasteiger partial charge is 0.465 e. The van der Waals surface area contributed by atoms with Crippen molar-refractivity contribution in [3.05, 3.63) is 53.8 Å². The maximum absolute atomic E-state index is 13.3. The van der Waals surface area contributed by atoms with Gasteiger partial charge in [-0.25, -0.2) is 9.18 Å². The number of ether oxygens (including phenoxy) is 2. The lowest BCUT2D eigenvalue weighted by Gasteiger charge is -2.11. The molecule has 2 aromatic rings. The number of halogens is 4. The topological polar surface area (TPSA) is 35.5 Å². The lowest BCUT2D eigenvalue weighted by molar-refractivity contribution is -0.274. The number of hydrogen-bond acceptors (Lipinski definition) is 3. The van der Waals surface area contributed by atoms with Crippen molar-refractivity contribution in [2.24, 2.45) is 0 Å². The number of hydrogen-bond donors (Lipinski definition) is 0. The largest absolute Gasteiger partial charge is 0.573 e. The number of alkyl halides is 3. The molecule has 0 atom stereocenters. The van der Waals surface area contributed by atoms with Crippen LogP contribution in [0.5, 0.6) is 5.75 Å². The summed E-state index contributed by atoms with van der Waals surface area (Å²) in [5.41, 5.74) is 0.744. The van der Waals surface area contributed by atoms with Gasteiger partial charge in [-0.15, -0.1) is 13.2 Å². The molecule has 7 heteroatoms. The minimum atomic E-state index is -4.78. The maximum atomic E-state index is 13.3. The van der Waals surface area contributed by atoms with E-state index in [1.165, 1.54) is 18.2 Å². The van der Waals surface area contributed by atoms with E-state index in [0.29, 0.717) is 11.1 Å². The highest BCUT2D eigenvalue weighted by Crippen LogP contribution is 2.29. The van der Waals surface area contributed by atoms with E-state index in [4.69, 9.17) is 0 Å². The van der Waals surface area contributed by atoms with E-state index in [9.17, 15) is 22.4 Å². The second kappa shape index (κ2) is 6.05. The molecule has 116 valence electrons. The summed E-state index contributed by atoms with van der Waals surface area (Å²) in [5, 5.41) is 0. The number of methoxy groups -OCH3 is 1. The van der Waals surface area contributed by atoms with Crippen LogP contribution in [0, 0.1) is 5.82 Å². The van der Waals surface area contributed by atoms with Crippen LogP contribution in [0.15, 0.2) is 42.5 Å². The average Bonchev–Trinajstić information content (AvgIpc) is 2.46. The molecule has 0 aliphatic carbocycles. The Kier molecular flexibility index (Phi) is 4.35. The molecule has 0 heterocycles. The van der Waals surface area contributed by atoms with E-state index in [1.54, 1.807) is 0 Å². The number of esters is 1. The van der Waals surface area contributed by atoms with Crippen molar-refractivity contribution in [3.8, 4) is 16.9 Å². The molecule has 2 aromatic carbocycles. The van der Waals surface area contributed by atoms with Gasteiger partial charge < -0.3 is 9.47 Å². The van der Waals surface area contributed by atoms with Gasteiger partial charge in [0.2, 0.25) is 0 Å². The van der Waals surface area contributed by atoms with Gasteiger partial charge >= 0.3 is 12.3 Å².